The van der Waals surface area contributed by atoms with E-state index in [9.17, 15) is 14.4 Å². The molecule has 0 atom stereocenters. The lowest BCUT2D eigenvalue weighted by molar-refractivity contribution is -0.114. The molecule has 8 heteroatoms. The first-order valence-electron chi connectivity index (χ1n) is 6.05. The van der Waals surface area contributed by atoms with Crippen molar-refractivity contribution in [3.8, 4) is 0 Å². The largest absolute Gasteiger partial charge is 0.462 e. The van der Waals surface area contributed by atoms with Crippen LogP contribution in [0, 0.1) is 0 Å². The van der Waals surface area contributed by atoms with Crippen molar-refractivity contribution in [3.05, 3.63) is 23.8 Å². The van der Waals surface area contributed by atoms with Crippen LogP contribution in [-0.4, -0.2) is 35.1 Å². The molecule has 0 aliphatic carbocycles. The Morgan fingerprint density at radius 3 is 2.29 bits per heavy atom. The molecule has 0 radical (unpaired) electrons. The third-order valence-electron chi connectivity index (χ3n) is 2.34. The third kappa shape index (κ3) is 5.13. The number of para-hydroxylation sites is 1. The second-order valence-electron chi connectivity index (χ2n) is 3.81. The number of hydrogen-bond donors (Lipinski definition) is 2. The summed E-state index contributed by atoms with van der Waals surface area (Å²) in [4.78, 5) is 35.0. The fourth-order valence-corrected chi connectivity index (χ4v) is 1.81. The summed E-state index contributed by atoms with van der Waals surface area (Å²) in [7, 11) is 0. The maximum absolute atomic E-state index is 11.9. The van der Waals surface area contributed by atoms with Crippen molar-refractivity contribution in [2.24, 2.45) is 0 Å². The van der Waals surface area contributed by atoms with E-state index in [0.717, 1.165) is 0 Å². The number of ether oxygens (including phenoxy) is 1. The lowest BCUT2D eigenvalue weighted by Crippen LogP contribution is -2.20. The van der Waals surface area contributed by atoms with E-state index < -0.39 is 5.97 Å². The number of benzene rings is 1. The number of esters is 1. The fraction of sp³-hybridized carbons (Fsp3) is 0.308. The van der Waals surface area contributed by atoms with Gasteiger partial charge in [-0.1, -0.05) is 37.9 Å². The SMILES string of the molecule is CCOC(=O)c1cccc(NC(=O)CBr)c1NC(=O)CBr. The number of anilines is 2. The molecule has 0 fully saturated rings. The van der Waals surface area contributed by atoms with Crippen LogP contribution in [0.15, 0.2) is 18.2 Å². The van der Waals surface area contributed by atoms with Gasteiger partial charge in [-0.05, 0) is 19.1 Å². The zero-order valence-corrected chi connectivity index (χ0v) is 14.4. The van der Waals surface area contributed by atoms with Gasteiger partial charge >= 0.3 is 5.97 Å². The molecule has 0 aromatic heterocycles. The summed E-state index contributed by atoms with van der Waals surface area (Å²) < 4.78 is 4.95. The van der Waals surface area contributed by atoms with Crippen molar-refractivity contribution in [1.29, 1.82) is 0 Å². The maximum atomic E-state index is 11.9. The summed E-state index contributed by atoms with van der Waals surface area (Å²) in [6.45, 7) is 1.90. The highest BCUT2D eigenvalue weighted by Gasteiger charge is 2.18. The number of hydrogen-bond acceptors (Lipinski definition) is 4. The van der Waals surface area contributed by atoms with Gasteiger partial charge in [-0.3, -0.25) is 9.59 Å². The van der Waals surface area contributed by atoms with Gasteiger partial charge in [0.1, 0.15) is 0 Å². The van der Waals surface area contributed by atoms with Crippen LogP contribution in [0.4, 0.5) is 11.4 Å². The number of halogens is 2. The number of carbonyl (C=O) groups excluding carboxylic acids is 3. The van der Waals surface area contributed by atoms with Crippen LogP contribution in [0.2, 0.25) is 0 Å². The van der Waals surface area contributed by atoms with Crippen LogP contribution < -0.4 is 10.6 Å². The highest BCUT2D eigenvalue weighted by molar-refractivity contribution is 9.09. The summed E-state index contributed by atoms with van der Waals surface area (Å²) in [5.41, 5.74) is 0.729. The topological polar surface area (TPSA) is 84.5 Å². The molecule has 0 unspecified atom stereocenters. The Balaban J connectivity index is 3.22. The molecule has 0 heterocycles. The Hall–Kier alpha value is -1.41. The van der Waals surface area contributed by atoms with E-state index in [1.807, 2.05) is 0 Å². The molecule has 0 aliphatic heterocycles. The monoisotopic (exact) mass is 420 g/mol. The number of alkyl halides is 2. The normalized spacial score (nSPS) is 9.86. The van der Waals surface area contributed by atoms with Crippen LogP contribution in [0.25, 0.3) is 0 Å². The zero-order valence-electron chi connectivity index (χ0n) is 11.2. The molecule has 0 spiro atoms. The van der Waals surface area contributed by atoms with Gasteiger partial charge in [-0.15, -0.1) is 0 Å². The van der Waals surface area contributed by atoms with Crippen LogP contribution in [0.1, 0.15) is 17.3 Å². The molecule has 0 saturated heterocycles. The highest BCUT2D eigenvalue weighted by Crippen LogP contribution is 2.27. The summed E-state index contributed by atoms with van der Waals surface area (Å²) in [5, 5.41) is 5.35. The van der Waals surface area contributed by atoms with Gasteiger partial charge in [0.15, 0.2) is 0 Å². The van der Waals surface area contributed by atoms with E-state index in [2.05, 4.69) is 42.5 Å². The van der Waals surface area contributed by atoms with Crippen molar-refractivity contribution in [1.82, 2.24) is 0 Å². The molecule has 114 valence electrons. The molecule has 2 N–H and O–H groups in total. The zero-order chi connectivity index (χ0) is 15.8. The Morgan fingerprint density at radius 1 is 1.10 bits per heavy atom. The average Bonchev–Trinajstić information content (AvgIpc) is 2.48. The van der Waals surface area contributed by atoms with E-state index in [1.165, 1.54) is 6.07 Å². The predicted octanol–water partition coefficient (Wildman–Crippen LogP) is 2.53. The first-order valence-corrected chi connectivity index (χ1v) is 8.29. The molecular formula is C13H14Br2N2O4. The molecule has 2 amide bonds. The highest BCUT2D eigenvalue weighted by atomic mass is 79.9. The van der Waals surface area contributed by atoms with Crippen LogP contribution >= 0.6 is 31.9 Å². The van der Waals surface area contributed by atoms with Gasteiger partial charge in [-0.25, -0.2) is 4.79 Å². The molecule has 1 aromatic rings. The summed E-state index contributed by atoms with van der Waals surface area (Å²) in [6.07, 6.45) is 0. The van der Waals surface area contributed by atoms with Crippen LogP contribution in [0.5, 0.6) is 0 Å². The number of nitrogens with one attached hydrogen (secondary N) is 2. The standard InChI is InChI=1S/C13H14Br2N2O4/c1-2-21-13(20)8-4-3-5-9(16-10(18)6-14)12(8)17-11(19)7-15/h3-5H,2,6-7H2,1H3,(H,16,18)(H,17,19). The van der Waals surface area contributed by atoms with Crippen LogP contribution in [-0.2, 0) is 14.3 Å². The quantitative estimate of drug-likeness (QED) is 0.546. The summed E-state index contributed by atoms with van der Waals surface area (Å²) >= 11 is 6.07. The van der Waals surface area contributed by atoms with E-state index in [1.54, 1.807) is 19.1 Å². The molecular weight excluding hydrogens is 408 g/mol. The summed E-state index contributed by atoms with van der Waals surface area (Å²) in [6, 6.07) is 4.71. The van der Waals surface area contributed by atoms with Crippen molar-refractivity contribution < 1.29 is 19.1 Å². The van der Waals surface area contributed by atoms with Gasteiger partial charge in [-0.2, -0.15) is 0 Å². The Labute approximate surface area is 138 Å². The minimum absolute atomic E-state index is 0.0655. The maximum Gasteiger partial charge on any atom is 0.340 e. The van der Waals surface area contributed by atoms with E-state index in [0.29, 0.717) is 5.69 Å². The molecule has 21 heavy (non-hydrogen) atoms. The van der Waals surface area contributed by atoms with Crippen molar-refractivity contribution in [3.63, 3.8) is 0 Å². The van der Waals surface area contributed by atoms with Gasteiger partial charge in [0.25, 0.3) is 0 Å². The number of amides is 2. The molecule has 0 saturated carbocycles. The molecule has 1 rings (SSSR count). The Kier molecular flexibility index (Phi) is 7.38. The second-order valence-corrected chi connectivity index (χ2v) is 4.93. The molecule has 1 aromatic carbocycles. The summed E-state index contributed by atoms with van der Waals surface area (Å²) in [5.74, 6) is -1.22. The van der Waals surface area contributed by atoms with E-state index >= 15 is 0 Å². The lowest BCUT2D eigenvalue weighted by Gasteiger charge is -2.15. The van der Waals surface area contributed by atoms with Gasteiger partial charge in [0.2, 0.25) is 11.8 Å². The first-order chi connectivity index (χ1) is 10.0. The van der Waals surface area contributed by atoms with E-state index in [-0.39, 0.29) is 40.3 Å². The van der Waals surface area contributed by atoms with Crippen LogP contribution in [0.3, 0.4) is 0 Å². The van der Waals surface area contributed by atoms with Crippen molar-refractivity contribution in [2.45, 2.75) is 6.92 Å². The minimum Gasteiger partial charge on any atom is -0.462 e. The Morgan fingerprint density at radius 2 is 1.71 bits per heavy atom. The average molecular weight is 422 g/mol. The number of rotatable bonds is 6. The smallest absolute Gasteiger partial charge is 0.340 e. The molecule has 6 nitrogen and oxygen atoms in total. The van der Waals surface area contributed by atoms with Crippen molar-refractivity contribution in [2.75, 3.05) is 27.9 Å². The number of carbonyl (C=O) groups is 3. The second kappa shape index (κ2) is 8.78. The van der Waals surface area contributed by atoms with E-state index in [4.69, 9.17) is 4.74 Å². The van der Waals surface area contributed by atoms with Gasteiger partial charge in [0.05, 0.1) is 34.2 Å². The molecule has 0 aliphatic rings. The van der Waals surface area contributed by atoms with Gasteiger partial charge < -0.3 is 15.4 Å². The Bertz CT molecular complexity index is 549. The van der Waals surface area contributed by atoms with Gasteiger partial charge in [0, 0.05) is 0 Å². The van der Waals surface area contributed by atoms with Crippen molar-refractivity contribution >= 4 is 61.0 Å². The fourth-order valence-electron chi connectivity index (χ4n) is 1.53. The predicted molar refractivity (Wildman–Crippen MR) is 87.2 cm³/mol. The first kappa shape index (κ1) is 17.6. The lowest BCUT2D eigenvalue weighted by atomic mass is 10.1. The molecule has 0 bridgehead atoms. The third-order valence-corrected chi connectivity index (χ3v) is 3.36. The minimum atomic E-state index is -0.572.